The average molecular weight is 218 g/mol. The lowest BCUT2D eigenvalue weighted by Crippen LogP contribution is -2.07. The van der Waals surface area contributed by atoms with Crippen LogP contribution >= 0.6 is 0 Å². The third kappa shape index (κ3) is 4.26. The van der Waals surface area contributed by atoms with Gasteiger partial charge in [-0.1, -0.05) is 26.2 Å². The van der Waals surface area contributed by atoms with E-state index in [1.165, 1.54) is 19.3 Å². The number of unbranched alkanes of at least 4 members (excludes halogenated alkanes) is 3. The summed E-state index contributed by atoms with van der Waals surface area (Å²) in [5, 5.41) is 11.9. The van der Waals surface area contributed by atoms with Gasteiger partial charge in [-0.25, -0.2) is 9.97 Å². The third-order valence-corrected chi connectivity index (χ3v) is 2.28. The highest BCUT2D eigenvalue weighted by atomic mass is 15.1. The normalized spacial score (nSPS) is 9.81. The van der Waals surface area contributed by atoms with Crippen LogP contribution in [0.2, 0.25) is 0 Å². The van der Waals surface area contributed by atoms with Gasteiger partial charge in [0.1, 0.15) is 11.8 Å². The van der Waals surface area contributed by atoms with E-state index in [0.29, 0.717) is 11.6 Å². The summed E-state index contributed by atoms with van der Waals surface area (Å²) in [6.45, 7) is 4.93. The van der Waals surface area contributed by atoms with Crippen LogP contribution in [0.1, 0.15) is 44.0 Å². The van der Waals surface area contributed by atoms with Crippen molar-refractivity contribution in [3.05, 3.63) is 17.5 Å². The Morgan fingerprint density at radius 3 is 2.81 bits per heavy atom. The van der Waals surface area contributed by atoms with E-state index in [4.69, 9.17) is 5.26 Å². The lowest BCUT2D eigenvalue weighted by molar-refractivity contribution is 0.683. The number of hydrogen-bond acceptors (Lipinski definition) is 4. The van der Waals surface area contributed by atoms with Crippen molar-refractivity contribution in [2.75, 3.05) is 11.9 Å². The van der Waals surface area contributed by atoms with Crippen LogP contribution in [0.5, 0.6) is 0 Å². The molecule has 0 aliphatic rings. The summed E-state index contributed by atoms with van der Waals surface area (Å²) in [6.07, 6.45) is 4.84. The summed E-state index contributed by atoms with van der Waals surface area (Å²) >= 11 is 0. The van der Waals surface area contributed by atoms with E-state index in [0.717, 1.165) is 18.7 Å². The standard InChI is InChI=1S/C12H18N4/c1-3-4-5-6-7-14-12-15-10(2)8-11(9-13)16-12/h8H,3-7H2,1-2H3,(H,14,15,16). The minimum atomic E-state index is 0.420. The monoisotopic (exact) mass is 218 g/mol. The Labute approximate surface area is 96.7 Å². The average Bonchev–Trinajstić information content (AvgIpc) is 2.28. The molecule has 1 aromatic heterocycles. The van der Waals surface area contributed by atoms with E-state index in [1.807, 2.05) is 13.0 Å². The second-order valence-electron chi connectivity index (χ2n) is 3.82. The molecule has 0 atom stereocenters. The molecule has 0 radical (unpaired) electrons. The highest BCUT2D eigenvalue weighted by molar-refractivity contribution is 5.32. The first-order chi connectivity index (χ1) is 7.76. The summed E-state index contributed by atoms with van der Waals surface area (Å²) in [7, 11) is 0. The van der Waals surface area contributed by atoms with Gasteiger partial charge in [0.2, 0.25) is 5.95 Å². The molecule has 1 aromatic rings. The molecule has 1 N–H and O–H groups in total. The van der Waals surface area contributed by atoms with Crippen LogP contribution in [-0.4, -0.2) is 16.5 Å². The molecular weight excluding hydrogens is 200 g/mol. The first-order valence-corrected chi connectivity index (χ1v) is 5.76. The molecule has 16 heavy (non-hydrogen) atoms. The number of nitrogens with zero attached hydrogens (tertiary/aromatic N) is 3. The van der Waals surface area contributed by atoms with Gasteiger partial charge < -0.3 is 5.32 Å². The molecule has 4 nitrogen and oxygen atoms in total. The first-order valence-electron chi connectivity index (χ1n) is 5.76. The summed E-state index contributed by atoms with van der Waals surface area (Å²) in [4.78, 5) is 8.31. The Morgan fingerprint density at radius 2 is 2.12 bits per heavy atom. The summed E-state index contributed by atoms with van der Waals surface area (Å²) in [6, 6.07) is 3.71. The molecule has 0 aliphatic heterocycles. The number of hydrogen-bond donors (Lipinski definition) is 1. The third-order valence-electron chi connectivity index (χ3n) is 2.28. The van der Waals surface area contributed by atoms with Crippen molar-refractivity contribution in [2.45, 2.75) is 39.5 Å². The molecule has 1 rings (SSSR count). The fourth-order valence-electron chi connectivity index (χ4n) is 1.46. The summed E-state index contributed by atoms with van der Waals surface area (Å²) in [5.74, 6) is 0.563. The minimum absolute atomic E-state index is 0.420. The van der Waals surface area contributed by atoms with E-state index in [9.17, 15) is 0 Å². The van der Waals surface area contributed by atoms with Gasteiger partial charge in [0.05, 0.1) is 0 Å². The molecule has 1 heterocycles. The van der Waals surface area contributed by atoms with E-state index in [-0.39, 0.29) is 0 Å². The number of anilines is 1. The van der Waals surface area contributed by atoms with Crippen LogP contribution < -0.4 is 5.32 Å². The fraction of sp³-hybridized carbons (Fsp3) is 0.583. The predicted octanol–water partition coefficient (Wildman–Crippen LogP) is 2.65. The number of nitrogens with one attached hydrogen (secondary N) is 1. The van der Waals surface area contributed by atoms with Crippen molar-refractivity contribution in [2.24, 2.45) is 0 Å². The smallest absolute Gasteiger partial charge is 0.224 e. The molecule has 0 aliphatic carbocycles. The fourth-order valence-corrected chi connectivity index (χ4v) is 1.46. The van der Waals surface area contributed by atoms with Crippen molar-refractivity contribution in [1.29, 1.82) is 5.26 Å². The van der Waals surface area contributed by atoms with Gasteiger partial charge in [-0.3, -0.25) is 0 Å². The molecule has 86 valence electrons. The van der Waals surface area contributed by atoms with Crippen LogP contribution in [0.25, 0.3) is 0 Å². The molecule has 0 unspecified atom stereocenters. The number of aromatic nitrogens is 2. The van der Waals surface area contributed by atoms with Gasteiger partial charge in [0.25, 0.3) is 0 Å². The Kier molecular flexibility index (Phi) is 5.27. The van der Waals surface area contributed by atoms with Crippen molar-refractivity contribution in [3.63, 3.8) is 0 Å². The molecule has 0 fully saturated rings. The summed E-state index contributed by atoms with van der Waals surface area (Å²) < 4.78 is 0. The minimum Gasteiger partial charge on any atom is -0.354 e. The van der Waals surface area contributed by atoms with Gasteiger partial charge in [-0.15, -0.1) is 0 Å². The van der Waals surface area contributed by atoms with Crippen molar-refractivity contribution >= 4 is 5.95 Å². The van der Waals surface area contributed by atoms with E-state index in [2.05, 4.69) is 22.2 Å². The maximum absolute atomic E-state index is 8.76. The summed E-state index contributed by atoms with van der Waals surface area (Å²) in [5.41, 5.74) is 1.24. The number of nitriles is 1. The molecule has 0 spiro atoms. The van der Waals surface area contributed by atoms with Crippen molar-refractivity contribution in [3.8, 4) is 6.07 Å². The Hall–Kier alpha value is -1.63. The molecule has 0 bridgehead atoms. The molecule has 0 aromatic carbocycles. The zero-order valence-corrected chi connectivity index (χ0v) is 9.95. The zero-order valence-electron chi connectivity index (χ0n) is 9.95. The second-order valence-corrected chi connectivity index (χ2v) is 3.82. The van der Waals surface area contributed by atoms with Crippen LogP contribution in [0.15, 0.2) is 6.07 Å². The largest absolute Gasteiger partial charge is 0.354 e. The van der Waals surface area contributed by atoms with Gasteiger partial charge in [-0.2, -0.15) is 5.26 Å². The Bertz CT molecular complexity index is 368. The molecule has 0 saturated carbocycles. The van der Waals surface area contributed by atoms with Crippen molar-refractivity contribution < 1.29 is 0 Å². The predicted molar refractivity (Wildman–Crippen MR) is 64.1 cm³/mol. The maximum Gasteiger partial charge on any atom is 0.224 e. The topological polar surface area (TPSA) is 61.6 Å². The SMILES string of the molecule is CCCCCCNc1nc(C)cc(C#N)n1. The number of rotatable bonds is 6. The zero-order chi connectivity index (χ0) is 11.8. The quantitative estimate of drug-likeness (QED) is 0.746. The van der Waals surface area contributed by atoms with Gasteiger partial charge in [0.15, 0.2) is 0 Å². The van der Waals surface area contributed by atoms with Gasteiger partial charge in [0, 0.05) is 12.2 Å². The molecule has 4 heteroatoms. The van der Waals surface area contributed by atoms with Gasteiger partial charge in [-0.05, 0) is 19.4 Å². The second kappa shape index (κ2) is 6.78. The highest BCUT2D eigenvalue weighted by Crippen LogP contribution is 2.05. The van der Waals surface area contributed by atoms with Crippen LogP contribution in [0.4, 0.5) is 5.95 Å². The Morgan fingerprint density at radius 1 is 1.31 bits per heavy atom. The van der Waals surface area contributed by atoms with Crippen LogP contribution in [0, 0.1) is 18.3 Å². The van der Waals surface area contributed by atoms with Crippen LogP contribution in [-0.2, 0) is 0 Å². The highest BCUT2D eigenvalue weighted by Gasteiger charge is 2.00. The Balaban J connectivity index is 2.42. The number of aryl methyl sites for hydroxylation is 1. The maximum atomic E-state index is 8.76. The van der Waals surface area contributed by atoms with Gasteiger partial charge >= 0.3 is 0 Å². The first kappa shape index (κ1) is 12.4. The molecule has 0 amide bonds. The molecule has 0 saturated heterocycles. The lowest BCUT2D eigenvalue weighted by atomic mass is 10.2. The van der Waals surface area contributed by atoms with Crippen molar-refractivity contribution in [1.82, 2.24) is 9.97 Å². The van der Waals surface area contributed by atoms with E-state index >= 15 is 0 Å². The van der Waals surface area contributed by atoms with Crippen LogP contribution in [0.3, 0.4) is 0 Å². The van der Waals surface area contributed by atoms with E-state index in [1.54, 1.807) is 6.07 Å². The van der Waals surface area contributed by atoms with E-state index < -0.39 is 0 Å². The lowest BCUT2D eigenvalue weighted by Gasteiger charge is -2.05. The molecular formula is C12H18N4.